The van der Waals surface area contributed by atoms with Crippen LogP contribution in [0.2, 0.25) is 0 Å². The van der Waals surface area contributed by atoms with Gasteiger partial charge in [-0.3, -0.25) is 0 Å². The summed E-state index contributed by atoms with van der Waals surface area (Å²) in [7, 11) is 2.20. The molecule has 1 N–H and O–H groups in total. The van der Waals surface area contributed by atoms with Gasteiger partial charge in [0.15, 0.2) is 17.2 Å². The van der Waals surface area contributed by atoms with Gasteiger partial charge in [-0.2, -0.15) is 4.99 Å². The topological polar surface area (TPSA) is 50.2 Å². The van der Waals surface area contributed by atoms with Crippen LogP contribution in [-0.4, -0.2) is 53.2 Å². The van der Waals surface area contributed by atoms with Crippen LogP contribution in [0.3, 0.4) is 0 Å². The zero-order valence-corrected chi connectivity index (χ0v) is 16.3. The molecule has 1 atom stereocenters. The third-order valence-corrected chi connectivity index (χ3v) is 5.94. The van der Waals surface area contributed by atoms with Crippen LogP contribution in [0.4, 0.5) is 4.39 Å². The predicted molar refractivity (Wildman–Crippen MR) is 108 cm³/mol. The normalized spacial score (nSPS) is 23.2. The van der Waals surface area contributed by atoms with Crippen LogP contribution in [0.15, 0.2) is 46.7 Å². The predicted octanol–water partition coefficient (Wildman–Crippen LogP) is 3.40. The van der Waals surface area contributed by atoms with Crippen molar-refractivity contribution in [3.8, 4) is 0 Å². The Kier molecular flexibility index (Phi) is 5.08. The van der Waals surface area contributed by atoms with Crippen LogP contribution < -0.4 is 5.32 Å². The first-order valence-electron chi connectivity index (χ1n) is 9.12. The van der Waals surface area contributed by atoms with Gasteiger partial charge in [0.25, 0.3) is 0 Å². The summed E-state index contributed by atoms with van der Waals surface area (Å²) in [5.41, 5.74) is 3.71. The Morgan fingerprint density at radius 1 is 1.15 bits per heavy atom. The minimum atomic E-state index is -0.245. The average Bonchev–Trinajstić information content (AvgIpc) is 3.08. The third kappa shape index (κ3) is 3.42. The summed E-state index contributed by atoms with van der Waals surface area (Å²) in [4.78, 5) is 13.9. The fraction of sp³-hybridized carbons (Fsp3) is 0.350. The van der Waals surface area contributed by atoms with Gasteiger partial charge in [0.2, 0.25) is 0 Å². The van der Waals surface area contributed by atoms with E-state index < -0.39 is 0 Å². The third-order valence-electron chi connectivity index (χ3n) is 5.38. The Morgan fingerprint density at radius 2 is 1.89 bits per heavy atom. The molecule has 0 amide bonds. The number of aliphatic imine (C=N–C) groups is 1. The van der Waals surface area contributed by atoms with E-state index >= 15 is 0 Å². The molecular weight excluding hydrogens is 361 g/mol. The zero-order valence-electron chi connectivity index (χ0n) is 15.5. The molecule has 1 saturated heterocycles. The number of aromatic nitrogens is 2. The SMILES string of the molecule is CSc1nccc(C2=C(c3ccc(F)cc3)N=C[N+]2(C)C2CCNCC2)n1. The van der Waals surface area contributed by atoms with Crippen LogP contribution in [0.1, 0.15) is 24.1 Å². The minimum absolute atomic E-state index is 0.245. The first-order chi connectivity index (χ1) is 13.1. The van der Waals surface area contributed by atoms with Crippen molar-refractivity contribution in [3.05, 3.63) is 53.6 Å². The van der Waals surface area contributed by atoms with Crippen molar-refractivity contribution in [1.82, 2.24) is 15.3 Å². The van der Waals surface area contributed by atoms with Gasteiger partial charge in [0.1, 0.15) is 23.3 Å². The molecule has 0 radical (unpaired) electrons. The van der Waals surface area contributed by atoms with Crippen LogP contribution in [-0.2, 0) is 0 Å². The van der Waals surface area contributed by atoms with Crippen LogP contribution in [0.5, 0.6) is 0 Å². The Morgan fingerprint density at radius 3 is 2.59 bits per heavy atom. The fourth-order valence-corrected chi connectivity index (χ4v) is 4.26. The number of quaternary nitrogens is 1. The molecule has 1 fully saturated rings. The van der Waals surface area contributed by atoms with Crippen molar-refractivity contribution in [2.24, 2.45) is 4.99 Å². The number of rotatable bonds is 4. The van der Waals surface area contributed by atoms with E-state index in [2.05, 4.69) is 17.3 Å². The molecule has 2 aliphatic rings. The van der Waals surface area contributed by atoms with E-state index in [1.165, 1.54) is 23.9 Å². The maximum atomic E-state index is 13.4. The molecule has 0 bridgehead atoms. The van der Waals surface area contributed by atoms with Gasteiger partial charge in [-0.15, -0.1) is 0 Å². The number of piperidine rings is 1. The number of nitrogens with zero attached hydrogens (tertiary/aromatic N) is 4. The van der Waals surface area contributed by atoms with Gasteiger partial charge in [-0.25, -0.2) is 18.8 Å². The largest absolute Gasteiger partial charge is 0.316 e. The lowest BCUT2D eigenvalue weighted by Crippen LogP contribution is -2.52. The van der Waals surface area contributed by atoms with Crippen molar-refractivity contribution in [2.75, 3.05) is 26.4 Å². The first-order valence-corrected chi connectivity index (χ1v) is 10.3. The molecule has 3 heterocycles. The average molecular weight is 385 g/mol. The van der Waals surface area contributed by atoms with Crippen molar-refractivity contribution < 1.29 is 8.87 Å². The van der Waals surface area contributed by atoms with Crippen LogP contribution >= 0.6 is 11.8 Å². The summed E-state index contributed by atoms with van der Waals surface area (Å²) in [6, 6.07) is 8.92. The van der Waals surface area contributed by atoms with Gasteiger partial charge in [0, 0.05) is 37.7 Å². The van der Waals surface area contributed by atoms with Crippen LogP contribution in [0.25, 0.3) is 11.4 Å². The monoisotopic (exact) mass is 384 g/mol. The highest BCUT2D eigenvalue weighted by atomic mass is 32.2. The van der Waals surface area contributed by atoms with Crippen molar-refractivity contribution >= 4 is 29.5 Å². The lowest BCUT2D eigenvalue weighted by molar-refractivity contribution is -0.767. The number of hydrogen-bond acceptors (Lipinski definition) is 5. The van der Waals surface area contributed by atoms with Gasteiger partial charge in [-0.05, 0) is 36.6 Å². The smallest absolute Gasteiger partial charge is 0.195 e. The number of nitrogens with one attached hydrogen (secondary N) is 1. The summed E-state index contributed by atoms with van der Waals surface area (Å²) in [6.45, 7) is 2.01. The highest BCUT2D eigenvalue weighted by molar-refractivity contribution is 7.98. The lowest BCUT2D eigenvalue weighted by atomic mass is 9.99. The van der Waals surface area contributed by atoms with E-state index in [0.717, 1.165) is 53.7 Å². The van der Waals surface area contributed by atoms with E-state index in [4.69, 9.17) is 9.98 Å². The Balaban J connectivity index is 1.87. The van der Waals surface area contributed by atoms with Gasteiger partial charge < -0.3 is 5.32 Å². The molecule has 1 aromatic heterocycles. The second kappa shape index (κ2) is 7.50. The second-order valence-corrected chi connectivity index (χ2v) is 7.78. The molecule has 7 heteroatoms. The molecule has 4 rings (SSSR count). The Bertz CT molecular complexity index is 890. The van der Waals surface area contributed by atoms with Gasteiger partial charge >= 0.3 is 0 Å². The number of halogens is 1. The van der Waals surface area contributed by atoms with Crippen LogP contribution in [0, 0.1) is 5.82 Å². The van der Waals surface area contributed by atoms with Crippen molar-refractivity contribution in [2.45, 2.75) is 24.0 Å². The molecule has 2 aliphatic heterocycles. The summed E-state index contributed by atoms with van der Waals surface area (Å²) in [6.07, 6.45) is 7.94. The first kappa shape index (κ1) is 18.3. The van der Waals surface area contributed by atoms with E-state index in [1.54, 1.807) is 18.3 Å². The van der Waals surface area contributed by atoms with E-state index in [1.807, 2.05) is 18.7 Å². The molecule has 0 saturated carbocycles. The molecule has 1 unspecified atom stereocenters. The molecule has 0 spiro atoms. The highest BCUT2D eigenvalue weighted by Gasteiger charge is 2.44. The molecule has 2 aromatic rings. The molecular formula is C20H23FN5S+. The van der Waals surface area contributed by atoms with E-state index in [9.17, 15) is 4.39 Å². The van der Waals surface area contributed by atoms with Crippen molar-refractivity contribution in [3.63, 3.8) is 0 Å². The van der Waals surface area contributed by atoms with E-state index in [0.29, 0.717) is 10.5 Å². The number of thioether (sulfide) groups is 1. The molecule has 0 aliphatic carbocycles. The maximum absolute atomic E-state index is 13.4. The summed E-state index contributed by atoms with van der Waals surface area (Å²) in [5.74, 6) is -0.245. The van der Waals surface area contributed by atoms with Crippen molar-refractivity contribution in [1.29, 1.82) is 0 Å². The van der Waals surface area contributed by atoms with Gasteiger partial charge in [-0.1, -0.05) is 11.8 Å². The Hall–Kier alpha value is -2.09. The summed E-state index contributed by atoms with van der Waals surface area (Å²) in [5, 5.41) is 4.17. The quantitative estimate of drug-likeness (QED) is 0.499. The fourth-order valence-electron chi connectivity index (χ4n) is 3.90. The molecule has 27 heavy (non-hydrogen) atoms. The number of hydrogen-bond donors (Lipinski definition) is 1. The zero-order chi connectivity index (χ0) is 18.9. The summed E-state index contributed by atoms with van der Waals surface area (Å²) >= 11 is 1.52. The lowest BCUT2D eigenvalue weighted by Gasteiger charge is -2.38. The minimum Gasteiger partial charge on any atom is -0.316 e. The standard InChI is InChI=1S/C20H23FN5S/c1-26(16-7-10-22-11-8-16)13-24-18(14-3-5-15(21)6-4-14)19(26)17-9-12-23-20(25-17)27-2/h3-6,9,12-13,16,22H,7-8,10-11H2,1-2H3/q+1. The summed E-state index contributed by atoms with van der Waals surface area (Å²) < 4.78 is 14.1. The second-order valence-electron chi connectivity index (χ2n) is 7.01. The van der Waals surface area contributed by atoms with Gasteiger partial charge in [0.05, 0.1) is 7.05 Å². The number of benzene rings is 1. The molecule has 5 nitrogen and oxygen atoms in total. The Labute approximate surface area is 163 Å². The van der Waals surface area contributed by atoms with E-state index in [-0.39, 0.29) is 5.82 Å². The highest BCUT2D eigenvalue weighted by Crippen LogP contribution is 2.41. The maximum Gasteiger partial charge on any atom is 0.195 e. The molecule has 1 aromatic carbocycles. The molecule has 140 valence electrons.